The van der Waals surface area contributed by atoms with Gasteiger partial charge in [0.25, 0.3) is 0 Å². The molecule has 2 rings (SSSR count). The third kappa shape index (κ3) is 3.60. The van der Waals surface area contributed by atoms with Gasteiger partial charge in [-0.3, -0.25) is 4.98 Å². The smallest absolute Gasteiger partial charge is 0.0271 e. The molecule has 16 heavy (non-hydrogen) atoms. The summed E-state index contributed by atoms with van der Waals surface area (Å²) in [6.07, 6.45) is 10.6. The molecule has 2 unspecified atom stereocenters. The van der Waals surface area contributed by atoms with E-state index in [2.05, 4.69) is 29.4 Å². The molecule has 2 nitrogen and oxygen atoms in total. The van der Waals surface area contributed by atoms with Crippen LogP contribution in [0.4, 0.5) is 0 Å². The number of pyridine rings is 1. The van der Waals surface area contributed by atoms with Crippen LogP contribution in [-0.2, 0) is 6.54 Å². The van der Waals surface area contributed by atoms with Crippen LogP contribution in [0.15, 0.2) is 24.5 Å². The Labute approximate surface area is 98.5 Å². The van der Waals surface area contributed by atoms with E-state index in [1.54, 1.807) is 0 Å². The molecule has 0 spiro atoms. The van der Waals surface area contributed by atoms with Crippen LogP contribution in [0.3, 0.4) is 0 Å². The molecule has 0 amide bonds. The molecule has 2 heteroatoms. The monoisotopic (exact) mass is 218 g/mol. The second kappa shape index (κ2) is 6.00. The van der Waals surface area contributed by atoms with E-state index in [1.165, 1.54) is 37.7 Å². The number of rotatable bonds is 3. The lowest BCUT2D eigenvalue weighted by molar-refractivity contribution is 0.447. The van der Waals surface area contributed by atoms with Gasteiger partial charge in [0.05, 0.1) is 0 Å². The van der Waals surface area contributed by atoms with Crippen LogP contribution in [0.1, 0.15) is 44.6 Å². The SMILES string of the molecule is CC1CCCC(NCc2ccncc2)CC1. The molecule has 88 valence electrons. The summed E-state index contributed by atoms with van der Waals surface area (Å²) in [5, 5.41) is 3.67. The van der Waals surface area contributed by atoms with Crippen molar-refractivity contribution >= 4 is 0 Å². The van der Waals surface area contributed by atoms with Gasteiger partial charge in [-0.05, 0) is 42.9 Å². The molecular formula is C14H22N2. The largest absolute Gasteiger partial charge is 0.310 e. The maximum absolute atomic E-state index is 4.04. The topological polar surface area (TPSA) is 24.9 Å². The Morgan fingerprint density at radius 3 is 2.81 bits per heavy atom. The number of hydrogen-bond acceptors (Lipinski definition) is 2. The van der Waals surface area contributed by atoms with Crippen molar-refractivity contribution in [3.05, 3.63) is 30.1 Å². The van der Waals surface area contributed by atoms with Gasteiger partial charge in [0, 0.05) is 25.0 Å². The zero-order valence-electron chi connectivity index (χ0n) is 10.2. The molecular weight excluding hydrogens is 196 g/mol. The average Bonchev–Trinajstić information content (AvgIpc) is 2.53. The van der Waals surface area contributed by atoms with Gasteiger partial charge in [-0.2, -0.15) is 0 Å². The average molecular weight is 218 g/mol. The molecule has 0 aliphatic heterocycles. The second-order valence-corrected chi connectivity index (χ2v) is 5.05. The molecule has 1 aromatic rings. The van der Waals surface area contributed by atoms with Gasteiger partial charge in [-0.25, -0.2) is 0 Å². The quantitative estimate of drug-likeness (QED) is 0.788. The molecule has 0 saturated heterocycles. The van der Waals surface area contributed by atoms with Crippen molar-refractivity contribution in [2.75, 3.05) is 0 Å². The zero-order chi connectivity index (χ0) is 11.2. The number of hydrogen-bond donors (Lipinski definition) is 1. The first-order chi connectivity index (χ1) is 7.84. The molecule has 1 aliphatic rings. The summed E-state index contributed by atoms with van der Waals surface area (Å²) in [4.78, 5) is 4.04. The van der Waals surface area contributed by atoms with E-state index in [-0.39, 0.29) is 0 Å². The van der Waals surface area contributed by atoms with E-state index in [9.17, 15) is 0 Å². The first-order valence-electron chi connectivity index (χ1n) is 6.47. The van der Waals surface area contributed by atoms with E-state index >= 15 is 0 Å². The van der Waals surface area contributed by atoms with Crippen molar-refractivity contribution < 1.29 is 0 Å². The number of aromatic nitrogens is 1. The number of nitrogens with one attached hydrogen (secondary N) is 1. The second-order valence-electron chi connectivity index (χ2n) is 5.05. The minimum atomic E-state index is 0.720. The first kappa shape index (κ1) is 11.6. The molecule has 1 aromatic heterocycles. The van der Waals surface area contributed by atoms with Crippen molar-refractivity contribution in [1.29, 1.82) is 0 Å². The fourth-order valence-corrected chi connectivity index (χ4v) is 2.45. The van der Waals surface area contributed by atoms with E-state index in [0.29, 0.717) is 0 Å². The molecule has 1 aliphatic carbocycles. The third-order valence-corrected chi connectivity index (χ3v) is 3.60. The Morgan fingerprint density at radius 1 is 1.19 bits per heavy atom. The van der Waals surface area contributed by atoms with Crippen LogP contribution >= 0.6 is 0 Å². The van der Waals surface area contributed by atoms with Crippen LogP contribution in [0, 0.1) is 5.92 Å². The van der Waals surface area contributed by atoms with Gasteiger partial charge in [-0.1, -0.05) is 19.8 Å². The molecule has 0 bridgehead atoms. The fourth-order valence-electron chi connectivity index (χ4n) is 2.45. The summed E-state index contributed by atoms with van der Waals surface area (Å²) in [6.45, 7) is 3.37. The van der Waals surface area contributed by atoms with Crippen LogP contribution in [0.2, 0.25) is 0 Å². The van der Waals surface area contributed by atoms with Crippen molar-refractivity contribution in [3.63, 3.8) is 0 Å². The van der Waals surface area contributed by atoms with Crippen LogP contribution in [0.25, 0.3) is 0 Å². The standard InChI is InChI=1S/C14H22N2/c1-12-3-2-4-14(6-5-12)16-11-13-7-9-15-10-8-13/h7-10,12,14,16H,2-6,11H2,1H3. The van der Waals surface area contributed by atoms with E-state index < -0.39 is 0 Å². The molecule has 2 atom stereocenters. The van der Waals surface area contributed by atoms with Gasteiger partial charge < -0.3 is 5.32 Å². The Morgan fingerprint density at radius 2 is 2.00 bits per heavy atom. The highest BCUT2D eigenvalue weighted by atomic mass is 14.9. The lowest BCUT2D eigenvalue weighted by Gasteiger charge is -2.16. The Kier molecular flexibility index (Phi) is 4.34. The van der Waals surface area contributed by atoms with Gasteiger partial charge in [-0.15, -0.1) is 0 Å². The van der Waals surface area contributed by atoms with E-state index in [0.717, 1.165) is 18.5 Å². The molecule has 1 heterocycles. The minimum absolute atomic E-state index is 0.720. The molecule has 0 aromatic carbocycles. The predicted octanol–water partition coefficient (Wildman–Crippen LogP) is 3.14. The summed E-state index contributed by atoms with van der Waals surface area (Å²) in [5.41, 5.74) is 1.34. The summed E-state index contributed by atoms with van der Waals surface area (Å²) in [6, 6.07) is 4.90. The first-order valence-corrected chi connectivity index (χ1v) is 6.47. The van der Waals surface area contributed by atoms with Crippen LogP contribution in [-0.4, -0.2) is 11.0 Å². The van der Waals surface area contributed by atoms with Crippen molar-refractivity contribution in [2.45, 2.75) is 51.6 Å². The van der Waals surface area contributed by atoms with Crippen LogP contribution < -0.4 is 5.32 Å². The summed E-state index contributed by atoms with van der Waals surface area (Å²) >= 11 is 0. The van der Waals surface area contributed by atoms with E-state index in [4.69, 9.17) is 0 Å². The maximum Gasteiger partial charge on any atom is 0.0271 e. The van der Waals surface area contributed by atoms with Crippen molar-refractivity contribution in [2.24, 2.45) is 5.92 Å². The normalized spacial score (nSPS) is 26.3. The van der Waals surface area contributed by atoms with Gasteiger partial charge in [0.1, 0.15) is 0 Å². The van der Waals surface area contributed by atoms with Crippen molar-refractivity contribution in [3.8, 4) is 0 Å². The molecule has 1 saturated carbocycles. The highest BCUT2D eigenvalue weighted by Gasteiger charge is 2.15. The summed E-state index contributed by atoms with van der Waals surface area (Å²) in [7, 11) is 0. The lowest BCUT2D eigenvalue weighted by atomic mass is 10.0. The predicted molar refractivity (Wildman–Crippen MR) is 67.1 cm³/mol. The molecule has 0 radical (unpaired) electrons. The lowest BCUT2D eigenvalue weighted by Crippen LogP contribution is -2.27. The Balaban J connectivity index is 1.77. The molecule has 1 N–H and O–H groups in total. The maximum atomic E-state index is 4.04. The Bertz CT molecular complexity index is 297. The zero-order valence-corrected chi connectivity index (χ0v) is 10.2. The number of nitrogens with zero attached hydrogens (tertiary/aromatic N) is 1. The van der Waals surface area contributed by atoms with Gasteiger partial charge in [0.15, 0.2) is 0 Å². The fraction of sp³-hybridized carbons (Fsp3) is 0.643. The summed E-state index contributed by atoms with van der Waals surface area (Å²) < 4.78 is 0. The minimum Gasteiger partial charge on any atom is -0.310 e. The van der Waals surface area contributed by atoms with E-state index in [1.807, 2.05) is 12.4 Å². The highest BCUT2D eigenvalue weighted by Crippen LogP contribution is 2.22. The van der Waals surface area contributed by atoms with Crippen LogP contribution in [0.5, 0.6) is 0 Å². The highest BCUT2D eigenvalue weighted by molar-refractivity contribution is 5.09. The summed E-state index contributed by atoms with van der Waals surface area (Å²) in [5.74, 6) is 0.924. The van der Waals surface area contributed by atoms with Gasteiger partial charge in [0.2, 0.25) is 0 Å². The third-order valence-electron chi connectivity index (χ3n) is 3.60. The molecule has 1 fully saturated rings. The van der Waals surface area contributed by atoms with Crippen molar-refractivity contribution in [1.82, 2.24) is 10.3 Å². The van der Waals surface area contributed by atoms with Gasteiger partial charge >= 0.3 is 0 Å². The Hall–Kier alpha value is -0.890.